The second-order valence-corrected chi connectivity index (χ2v) is 3.55. The highest BCUT2D eigenvalue weighted by atomic mass is 32.2. The predicted molar refractivity (Wildman–Crippen MR) is 49.8 cm³/mol. The number of hydrogen-bond acceptors (Lipinski definition) is 3. The fourth-order valence-electron chi connectivity index (χ4n) is 0.972. The first-order valence-corrected chi connectivity index (χ1v) is 4.99. The van der Waals surface area contributed by atoms with E-state index in [4.69, 9.17) is 4.74 Å². The molecule has 0 saturated heterocycles. The van der Waals surface area contributed by atoms with E-state index >= 15 is 0 Å². The summed E-state index contributed by atoms with van der Waals surface area (Å²) in [5.74, 6) is 1.60. The molecule has 0 aromatic carbocycles. The van der Waals surface area contributed by atoms with Crippen LogP contribution in [0, 0.1) is 0 Å². The Morgan fingerprint density at radius 1 is 1.75 bits per heavy atom. The molecule has 0 unspecified atom stereocenters. The Morgan fingerprint density at radius 2 is 2.50 bits per heavy atom. The van der Waals surface area contributed by atoms with Crippen LogP contribution in [0.2, 0.25) is 0 Å². The highest BCUT2D eigenvalue weighted by molar-refractivity contribution is 8.04. The van der Waals surface area contributed by atoms with Crippen LogP contribution in [0.4, 0.5) is 0 Å². The van der Waals surface area contributed by atoms with Crippen LogP contribution in [0.1, 0.15) is 13.8 Å². The standard InChI is InChI=1S/C8H13NO2S/c1-3-9-8(10)7-6(2)11-4-5-12-7/h3-5H2,1-2H3,(H,9,10). The summed E-state index contributed by atoms with van der Waals surface area (Å²) in [5.41, 5.74) is 0. The van der Waals surface area contributed by atoms with Crippen LogP contribution < -0.4 is 5.32 Å². The molecule has 0 aromatic heterocycles. The summed E-state index contributed by atoms with van der Waals surface area (Å²) in [6, 6.07) is 0. The third kappa shape index (κ3) is 2.17. The van der Waals surface area contributed by atoms with Crippen LogP contribution >= 0.6 is 11.8 Å². The van der Waals surface area contributed by atoms with Gasteiger partial charge in [0.15, 0.2) is 0 Å². The average Bonchev–Trinajstić information content (AvgIpc) is 2.05. The molecule has 3 nitrogen and oxygen atoms in total. The molecule has 12 heavy (non-hydrogen) atoms. The first-order chi connectivity index (χ1) is 5.75. The summed E-state index contributed by atoms with van der Waals surface area (Å²) in [4.78, 5) is 12.1. The minimum Gasteiger partial charge on any atom is -0.496 e. The van der Waals surface area contributed by atoms with Crippen LogP contribution in [0.5, 0.6) is 0 Å². The van der Waals surface area contributed by atoms with Crippen molar-refractivity contribution in [1.82, 2.24) is 5.32 Å². The van der Waals surface area contributed by atoms with Gasteiger partial charge >= 0.3 is 0 Å². The molecule has 0 radical (unpaired) electrons. The van der Waals surface area contributed by atoms with Crippen molar-refractivity contribution in [2.75, 3.05) is 18.9 Å². The molecule has 0 fully saturated rings. The first-order valence-electron chi connectivity index (χ1n) is 4.00. The molecule has 0 spiro atoms. The van der Waals surface area contributed by atoms with Gasteiger partial charge in [0.2, 0.25) is 0 Å². The topological polar surface area (TPSA) is 38.3 Å². The van der Waals surface area contributed by atoms with E-state index in [-0.39, 0.29) is 5.91 Å². The fourth-order valence-corrected chi connectivity index (χ4v) is 1.81. The normalized spacial score (nSPS) is 17.2. The Hall–Kier alpha value is -0.640. The third-order valence-corrected chi connectivity index (χ3v) is 2.64. The van der Waals surface area contributed by atoms with Gasteiger partial charge < -0.3 is 10.1 Å². The van der Waals surface area contributed by atoms with Crippen LogP contribution in [0.3, 0.4) is 0 Å². The molecule has 0 atom stereocenters. The highest BCUT2D eigenvalue weighted by Gasteiger charge is 2.17. The summed E-state index contributed by atoms with van der Waals surface area (Å²) >= 11 is 1.56. The van der Waals surface area contributed by atoms with E-state index in [1.54, 1.807) is 11.8 Å². The first kappa shape index (κ1) is 9.45. The summed E-state index contributed by atoms with van der Waals surface area (Å²) in [5, 5.41) is 2.75. The van der Waals surface area contributed by atoms with E-state index in [9.17, 15) is 4.79 Å². The van der Waals surface area contributed by atoms with Gasteiger partial charge in [0.1, 0.15) is 10.7 Å². The number of carbonyl (C=O) groups excluding carboxylic acids is 1. The lowest BCUT2D eigenvalue weighted by Gasteiger charge is -2.17. The van der Waals surface area contributed by atoms with Crippen LogP contribution in [-0.2, 0) is 9.53 Å². The molecule has 0 bridgehead atoms. The van der Waals surface area contributed by atoms with Gasteiger partial charge in [-0.15, -0.1) is 11.8 Å². The summed E-state index contributed by atoms with van der Waals surface area (Å²) in [6.07, 6.45) is 0. The van der Waals surface area contributed by atoms with Crippen molar-refractivity contribution in [1.29, 1.82) is 0 Å². The van der Waals surface area contributed by atoms with E-state index in [0.29, 0.717) is 13.2 Å². The zero-order valence-electron chi connectivity index (χ0n) is 7.35. The van der Waals surface area contributed by atoms with E-state index in [1.165, 1.54) is 0 Å². The maximum atomic E-state index is 11.3. The second kappa shape index (κ2) is 4.40. The molecule has 1 rings (SSSR count). The lowest BCUT2D eigenvalue weighted by molar-refractivity contribution is -0.116. The Balaban J connectivity index is 2.64. The smallest absolute Gasteiger partial charge is 0.261 e. The van der Waals surface area contributed by atoms with Gasteiger partial charge in [0, 0.05) is 12.3 Å². The molecule has 68 valence electrons. The number of ether oxygens (including phenoxy) is 1. The van der Waals surface area contributed by atoms with Crippen molar-refractivity contribution in [3.8, 4) is 0 Å². The fraction of sp³-hybridized carbons (Fsp3) is 0.625. The predicted octanol–water partition coefficient (Wildman–Crippen LogP) is 1.12. The van der Waals surface area contributed by atoms with Crippen molar-refractivity contribution in [2.24, 2.45) is 0 Å². The van der Waals surface area contributed by atoms with Gasteiger partial charge in [0.05, 0.1) is 6.61 Å². The van der Waals surface area contributed by atoms with Gasteiger partial charge in [-0.1, -0.05) is 0 Å². The quantitative estimate of drug-likeness (QED) is 0.704. The number of nitrogens with one attached hydrogen (secondary N) is 1. The van der Waals surface area contributed by atoms with E-state index < -0.39 is 0 Å². The van der Waals surface area contributed by atoms with Gasteiger partial charge in [0.25, 0.3) is 5.91 Å². The molecule has 0 saturated carbocycles. The minimum atomic E-state index is -0.0142. The number of hydrogen-bond donors (Lipinski definition) is 1. The Morgan fingerprint density at radius 3 is 3.08 bits per heavy atom. The number of likely N-dealkylation sites (N-methyl/N-ethyl adjacent to an activating group) is 1. The molecule has 0 aliphatic carbocycles. The Kier molecular flexibility index (Phi) is 3.47. The molecule has 1 N–H and O–H groups in total. The zero-order valence-corrected chi connectivity index (χ0v) is 8.16. The maximum Gasteiger partial charge on any atom is 0.261 e. The third-order valence-electron chi connectivity index (χ3n) is 1.51. The molecule has 1 amide bonds. The summed E-state index contributed by atoms with van der Waals surface area (Å²) in [7, 11) is 0. The number of thioether (sulfide) groups is 1. The minimum absolute atomic E-state index is 0.0142. The van der Waals surface area contributed by atoms with E-state index in [0.717, 1.165) is 16.4 Å². The second-order valence-electron chi connectivity index (χ2n) is 2.44. The monoisotopic (exact) mass is 187 g/mol. The molecular weight excluding hydrogens is 174 g/mol. The Bertz CT molecular complexity index is 213. The van der Waals surface area contributed by atoms with Crippen LogP contribution in [0.15, 0.2) is 10.7 Å². The van der Waals surface area contributed by atoms with Crippen molar-refractivity contribution in [2.45, 2.75) is 13.8 Å². The summed E-state index contributed by atoms with van der Waals surface area (Å²) < 4.78 is 5.26. The molecule has 4 heteroatoms. The van der Waals surface area contributed by atoms with Gasteiger partial charge in [-0.05, 0) is 13.8 Å². The largest absolute Gasteiger partial charge is 0.496 e. The molecular formula is C8H13NO2S. The van der Waals surface area contributed by atoms with Crippen molar-refractivity contribution in [3.63, 3.8) is 0 Å². The van der Waals surface area contributed by atoms with Crippen molar-refractivity contribution >= 4 is 17.7 Å². The molecule has 1 aliphatic rings. The SMILES string of the molecule is CCNC(=O)C1=C(C)OCCS1. The number of carbonyl (C=O) groups is 1. The van der Waals surface area contributed by atoms with Crippen LogP contribution in [0.25, 0.3) is 0 Å². The van der Waals surface area contributed by atoms with Crippen LogP contribution in [-0.4, -0.2) is 24.8 Å². The number of rotatable bonds is 2. The number of allylic oxidation sites excluding steroid dienone is 1. The Labute approximate surface area is 76.5 Å². The average molecular weight is 187 g/mol. The molecule has 0 aromatic rings. The molecule has 1 heterocycles. The van der Waals surface area contributed by atoms with E-state index in [1.807, 2.05) is 13.8 Å². The zero-order chi connectivity index (χ0) is 8.97. The van der Waals surface area contributed by atoms with Gasteiger partial charge in [-0.3, -0.25) is 4.79 Å². The number of amides is 1. The van der Waals surface area contributed by atoms with Gasteiger partial charge in [-0.2, -0.15) is 0 Å². The van der Waals surface area contributed by atoms with E-state index in [2.05, 4.69) is 5.32 Å². The highest BCUT2D eigenvalue weighted by Crippen LogP contribution is 2.24. The summed E-state index contributed by atoms with van der Waals surface area (Å²) in [6.45, 7) is 5.11. The van der Waals surface area contributed by atoms with Crippen molar-refractivity contribution < 1.29 is 9.53 Å². The molecule has 1 aliphatic heterocycles. The lowest BCUT2D eigenvalue weighted by atomic mass is 10.4. The maximum absolute atomic E-state index is 11.3. The lowest BCUT2D eigenvalue weighted by Crippen LogP contribution is -2.26. The van der Waals surface area contributed by atoms with Crippen molar-refractivity contribution in [3.05, 3.63) is 10.7 Å². The van der Waals surface area contributed by atoms with Gasteiger partial charge in [-0.25, -0.2) is 0 Å².